The van der Waals surface area contributed by atoms with Crippen molar-refractivity contribution < 1.29 is 14.1 Å². The molecule has 9 nitrogen and oxygen atoms in total. The summed E-state index contributed by atoms with van der Waals surface area (Å²) in [4.78, 5) is 16.1. The lowest BCUT2D eigenvalue weighted by molar-refractivity contribution is -0.390. The number of rotatable bonds is 7. The molecular weight excluding hydrogens is 483 g/mol. The summed E-state index contributed by atoms with van der Waals surface area (Å²) in [5, 5.41) is 23.9. The Labute approximate surface area is 192 Å². The van der Waals surface area contributed by atoms with E-state index in [1.807, 2.05) is 0 Å². The third kappa shape index (κ3) is 4.78. The van der Waals surface area contributed by atoms with Gasteiger partial charge in [-0.3, -0.25) is 0 Å². The minimum atomic E-state index is -0.713. The molecule has 0 amide bonds. The van der Waals surface area contributed by atoms with E-state index in [2.05, 4.69) is 36.4 Å². The molecule has 1 aliphatic rings. The molecule has 0 spiro atoms. The number of ether oxygens (including phenoxy) is 1. The minimum Gasteiger partial charge on any atom is -0.478 e. The van der Waals surface area contributed by atoms with E-state index in [0.29, 0.717) is 33.8 Å². The number of aryl methyl sites for hydroxylation is 1. The summed E-state index contributed by atoms with van der Waals surface area (Å²) in [6, 6.07) is 6.16. The average Bonchev–Trinajstić information content (AvgIpc) is 3.37. The van der Waals surface area contributed by atoms with E-state index in [4.69, 9.17) is 4.74 Å². The predicted octanol–water partition coefficient (Wildman–Crippen LogP) is 4.12. The Balaban J connectivity index is 1.71. The van der Waals surface area contributed by atoms with Crippen LogP contribution in [0.15, 0.2) is 34.9 Å². The minimum absolute atomic E-state index is 0.0124. The molecule has 11 heteroatoms. The molecule has 3 heterocycles. The Morgan fingerprint density at radius 2 is 2.22 bits per heavy atom. The zero-order valence-corrected chi connectivity index (χ0v) is 19.2. The normalized spacial score (nSPS) is 16.8. The van der Waals surface area contributed by atoms with Gasteiger partial charge in [0.2, 0.25) is 5.75 Å². The Bertz CT molecular complexity index is 1150. The van der Waals surface area contributed by atoms with E-state index in [1.165, 1.54) is 29.2 Å². The van der Waals surface area contributed by atoms with E-state index in [-0.39, 0.29) is 5.75 Å². The molecule has 0 radical (unpaired) electrons. The second kappa shape index (κ2) is 9.29. The predicted molar refractivity (Wildman–Crippen MR) is 119 cm³/mol. The highest BCUT2D eigenvalue weighted by atomic mass is 79.9. The van der Waals surface area contributed by atoms with Crippen molar-refractivity contribution in [3.63, 3.8) is 0 Å². The number of nitrogens with zero attached hydrogens (tertiary/aromatic N) is 5. The second-order valence-corrected chi connectivity index (χ2v) is 8.62. The molecule has 32 heavy (non-hydrogen) atoms. The Morgan fingerprint density at radius 3 is 2.94 bits per heavy atom. The highest BCUT2D eigenvalue weighted by Crippen LogP contribution is 2.36. The van der Waals surface area contributed by atoms with Gasteiger partial charge in [-0.25, -0.2) is 4.39 Å². The maximum atomic E-state index is 14.2. The number of nitrogens with one attached hydrogen (secondary N) is 1. The van der Waals surface area contributed by atoms with Gasteiger partial charge in [-0.05, 0) is 70.3 Å². The number of halogens is 2. The van der Waals surface area contributed by atoms with Crippen LogP contribution in [-0.2, 0) is 13.5 Å². The van der Waals surface area contributed by atoms with Crippen molar-refractivity contribution in [3.05, 3.63) is 62.1 Å². The molecule has 4 rings (SSSR count). The maximum absolute atomic E-state index is 14.2. The lowest BCUT2D eigenvalue weighted by Crippen LogP contribution is -2.24. The number of aromatic nitrogens is 4. The van der Waals surface area contributed by atoms with E-state index in [9.17, 15) is 14.5 Å². The zero-order valence-electron chi connectivity index (χ0n) is 17.6. The molecule has 1 aliphatic heterocycles. The molecular formula is C21H22BrFN6O3. The van der Waals surface area contributed by atoms with Crippen molar-refractivity contribution in [2.45, 2.75) is 38.3 Å². The number of hydrogen-bond donors (Lipinski definition) is 1. The van der Waals surface area contributed by atoms with Gasteiger partial charge in [0.05, 0.1) is 10.2 Å². The van der Waals surface area contributed by atoms with Crippen molar-refractivity contribution >= 4 is 21.7 Å². The first-order valence-corrected chi connectivity index (χ1v) is 11.0. The second-order valence-electron chi connectivity index (χ2n) is 7.71. The highest BCUT2D eigenvalue weighted by Gasteiger charge is 2.26. The molecule has 2 unspecified atom stereocenters. The van der Waals surface area contributed by atoms with E-state index < -0.39 is 22.7 Å². The van der Waals surface area contributed by atoms with Gasteiger partial charge in [0.15, 0.2) is 6.20 Å². The number of nitro groups is 1. The van der Waals surface area contributed by atoms with Crippen LogP contribution in [0.5, 0.6) is 5.75 Å². The fourth-order valence-corrected chi connectivity index (χ4v) is 4.25. The topological polar surface area (TPSA) is 108 Å². The third-order valence-electron chi connectivity index (χ3n) is 5.37. The molecule has 2 aromatic heterocycles. The summed E-state index contributed by atoms with van der Waals surface area (Å²) in [5.74, 6) is -0.865. The summed E-state index contributed by atoms with van der Waals surface area (Å²) in [6.45, 7) is 2.68. The largest absolute Gasteiger partial charge is 0.478 e. The van der Waals surface area contributed by atoms with Gasteiger partial charge >= 0.3 is 5.82 Å². The lowest BCUT2D eigenvalue weighted by Gasteiger charge is -2.18. The van der Waals surface area contributed by atoms with Gasteiger partial charge in [-0.1, -0.05) is 0 Å². The van der Waals surface area contributed by atoms with Crippen molar-refractivity contribution in [2.24, 2.45) is 7.05 Å². The molecule has 0 saturated carbocycles. The average molecular weight is 505 g/mol. The summed E-state index contributed by atoms with van der Waals surface area (Å²) >= 11 is 3.26. The van der Waals surface area contributed by atoms with Crippen LogP contribution in [0.4, 0.5) is 10.2 Å². The summed E-state index contributed by atoms with van der Waals surface area (Å²) in [5.41, 5.74) is 2.64. The first kappa shape index (κ1) is 22.3. The van der Waals surface area contributed by atoms with Gasteiger partial charge in [-0.2, -0.15) is 15.0 Å². The molecule has 1 saturated heterocycles. The van der Waals surface area contributed by atoms with Gasteiger partial charge in [0.25, 0.3) is 0 Å². The van der Waals surface area contributed by atoms with Crippen LogP contribution in [0.2, 0.25) is 0 Å². The van der Waals surface area contributed by atoms with Crippen LogP contribution in [0.25, 0.3) is 11.3 Å². The van der Waals surface area contributed by atoms with E-state index in [1.54, 1.807) is 20.0 Å². The summed E-state index contributed by atoms with van der Waals surface area (Å²) < 4.78 is 20.7. The van der Waals surface area contributed by atoms with Crippen LogP contribution < -0.4 is 10.1 Å². The van der Waals surface area contributed by atoms with Crippen LogP contribution in [-0.4, -0.2) is 37.5 Å². The molecule has 1 aromatic carbocycles. The maximum Gasteiger partial charge on any atom is 0.406 e. The van der Waals surface area contributed by atoms with Crippen molar-refractivity contribution in [1.82, 2.24) is 25.3 Å². The Morgan fingerprint density at radius 1 is 1.41 bits per heavy atom. The first-order chi connectivity index (χ1) is 15.3. The molecule has 168 valence electrons. The number of hydrogen-bond acceptors (Lipinski definition) is 7. The summed E-state index contributed by atoms with van der Waals surface area (Å²) in [7, 11) is 1.74. The van der Waals surface area contributed by atoms with Gasteiger partial charge < -0.3 is 20.2 Å². The first-order valence-electron chi connectivity index (χ1n) is 10.2. The van der Waals surface area contributed by atoms with Crippen LogP contribution in [0.3, 0.4) is 0 Å². The third-order valence-corrected chi connectivity index (χ3v) is 5.80. The Hall–Kier alpha value is -2.92. The lowest BCUT2D eigenvalue weighted by atomic mass is 9.97. The number of benzene rings is 1. The molecule has 0 aliphatic carbocycles. The molecule has 1 N–H and O–H groups in total. The SMILES string of the molecule is CC(Oc1cc(Br)cnc1[N+](=O)[O-])c1cc(F)ccc1-c1nn(C)nc1CC1CCCN1. The molecule has 1 fully saturated rings. The van der Waals surface area contributed by atoms with Gasteiger partial charge in [0.1, 0.15) is 17.6 Å². The standard InChI is InChI=1S/C21H22BrFN6O3/c1-12(32-19-8-13(22)11-25-21(19)29(30)31)17-9-14(23)5-6-16(17)20-18(26-28(2)27-20)10-15-4-3-7-24-15/h5-6,8-9,11-12,15,24H,3-4,7,10H2,1-2H3. The Kier molecular flexibility index (Phi) is 6.47. The fourth-order valence-electron chi connectivity index (χ4n) is 3.93. The van der Waals surface area contributed by atoms with Gasteiger partial charge in [-0.15, -0.1) is 0 Å². The summed E-state index contributed by atoms with van der Waals surface area (Å²) in [6.07, 6.45) is 3.50. The quantitative estimate of drug-likeness (QED) is 0.380. The zero-order chi connectivity index (χ0) is 22.8. The van der Waals surface area contributed by atoms with Crippen molar-refractivity contribution in [3.8, 4) is 17.0 Å². The van der Waals surface area contributed by atoms with Crippen LogP contribution in [0.1, 0.15) is 37.1 Å². The van der Waals surface area contributed by atoms with E-state index in [0.717, 1.165) is 25.1 Å². The smallest absolute Gasteiger partial charge is 0.406 e. The van der Waals surface area contributed by atoms with Crippen molar-refractivity contribution in [2.75, 3.05) is 6.54 Å². The highest BCUT2D eigenvalue weighted by molar-refractivity contribution is 9.10. The van der Waals surface area contributed by atoms with Crippen molar-refractivity contribution in [1.29, 1.82) is 0 Å². The van der Waals surface area contributed by atoms with Crippen LogP contribution >= 0.6 is 15.9 Å². The van der Waals surface area contributed by atoms with Gasteiger partial charge in [0, 0.05) is 36.7 Å². The molecule has 0 bridgehead atoms. The van der Waals surface area contributed by atoms with Crippen LogP contribution in [0, 0.1) is 15.9 Å². The monoisotopic (exact) mass is 504 g/mol. The number of pyridine rings is 1. The van der Waals surface area contributed by atoms with E-state index >= 15 is 0 Å². The fraction of sp³-hybridized carbons (Fsp3) is 0.381. The molecule has 2 atom stereocenters. The molecule has 3 aromatic rings.